The number of hydrogen-bond acceptors (Lipinski definition) is 4. The van der Waals surface area contributed by atoms with E-state index in [-0.39, 0.29) is 6.04 Å². The molecular formula is C14H16BrNO2S. The fourth-order valence-corrected chi connectivity index (χ4v) is 3.48. The summed E-state index contributed by atoms with van der Waals surface area (Å²) in [5.74, 6) is 1.53. The molecule has 0 aliphatic rings. The zero-order chi connectivity index (χ0) is 13.8. The second-order valence-corrected chi connectivity index (χ2v) is 5.97. The molecule has 1 atom stereocenters. The van der Waals surface area contributed by atoms with Crippen LogP contribution in [0.25, 0.3) is 0 Å². The van der Waals surface area contributed by atoms with Gasteiger partial charge in [-0.3, -0.25) is 0 Å². The normalized spacial score (nSPS) is 12.2. The van der Waals surface area contributed by atoms with E-state index in [9.17, 15) is 0 Å². The van der Waals surface area contributed by atoms with Crippen LogP contribution < -0.4 is 15.2 Å². The molecule has 1 aromatic heterocycles. The van der Waals surface area contributed by atoms with Crippen molar-refractivity contribution in [2.24, 2.45) is 5.73 Å². The zero-order valence-corrected chi connectivity index (χ0v) is 13.3. The van der Waals surface area contributed by atoms with Crippen LogP contribution in [0.5, 0.6) is 11.5 Å². The first-order chi connectivity index (χ1) is 9.15. The average Bonchev–Trinajstić information content (AvgIpc) is 2.83. The van der Waals surface area contributed by atoms with E-state index in [1.54, 1.807) is 25.6 Å². The van der Waals surface area contributed by atoms with Gasteiger partial charge in [-0.05, 0) is 33.4 Å². The summed E-state index contributed by atoms with van der Waals surface area (Å²) in [7, 11) is 3.28. The number of rotatable bonds is 5. The number of ether oxygens (including phenoxy) is 2. The van der Waals surface area contributed by atoms with Crippen molar-refractivity contribution in [3.05, 3.63) is 44.6 Å². The van der Waals surface area contributed by atoms with Gasteiger partial charge >= 0.3 is 0 Å². The molecule has 102 valence electrons. The first-order valence-electron chi connectivity index (χ1n) is 5.85. The van der Waals surface area contributed by atoms with Crippen LogP contribution in [0.1, 0.15) is 16.5 Å². The minimum absolute atomic E-state index is 0.101. The summed E-state index contributed by atoms with van der Waals surface area (Å²) < 4.78 is 11.7. The number of benzene rings is 1. The summed E-state index contributed by atoms with van der Waals surface area (Å²) in [5, 5.41) is 2.05. The van der Waals surface area contributed by atoms with Gasteiger partial charge in [-0.2, -0.15) is 0 Å². The highest BCUT2D eigenvalue weighted by Gasteiger charge is 2.15. The van der Waals surface area contributed by atoms with E-state index in [1.165, 1.54) is 4.88 Å². The fourth-order valence-electron chi connectivity index (χ4n) is 1.91. The maximum atomic E-state index is 6.29. The van der Waals surface area contributed by atoms with Gasteiger partial charge in [0.2, 0.25) is 0 Å². The molecule has 0 spiro atoms. The molecule has 19 heavy (non-hydrogen) atoms. The molecule has 0 amide bonds. The summed E-state index contributed by atoms with van der Waals surface area (Å²) in [4.78, 5) is 1.24. The van der Waals surface area contributed by atoms with Crippen molar-refractivity contribution < 1.29 is 9.47 Å². The molecule has 0 bridgehead atoms. The molecule has 1 unspecified atom stereocenters. The molecule has 0 radical (unpaired) electrons. The molecule has 0 saturated carbocycles. The van der Waals surface area contributed by atoms with Crippen LogP contribution in [-0.2, 0) is 6.42 Å². The van der Waals surface area contributed by atoms with Crippen LogP contribution >= 0.6 is 27.3 Å². The Morgan fingerprint density at radius 1 is 1.26 bits per heavy atom. The molecule has 2 aromatic rings. The van der Waals surface area contributed by atoms with E-state index >= 15 is 0 Å². The van der Waals surface area contributed by atoms with Crippen LogP contribution in [0, 0.1) is 0 Å². The van der Waals surface area contributed by atoms with Gasteiger partial charge in [0.25, 0.3) is 0 Å². The predicted molar refractivity (Wildman–Crippen MR) is 82.2 cm³/mol. The second-order valence-electron chi connectivity index (χ2n) is 4.11. The first kappa shape index (κ1) is 14.4. The number of hydrogen-bond donors (Lipinski definition) is 1. The van der Waals surface area contributed by atoms with Gasteiger partial charge in [-0.15, -0.1) is 11.3 Å². The highest BCUT2D eigenvalue weighted by molar-refractivity contribution is 9.10. The summed E-state index contributed by atoms with van der Waals surface area (Å²) >= 11 is 5.23. The van der Waals surface area contributed by atoms with E-state index < -0.39 is 0 Å². The van der Waals surface area contributed by atoms with Gasteiger partial charge in [-0.25, -0.2) is 0 Å². The van der Waals surface area contributed by atoms with Crippen molar-refractivity contribution in [1.82, 2.24) is 0 Å². The quantitative estimate of drug-likeness (QED) is 0.900. The lowest BCUT2D eigenvalue weighted by molar-refractivity contribution is 0.388. The Labute approximate surface area is 125 Å². The molecule has 0 saturated heterocycles. The molecule has 1 aromatic carbocycles. The smallest absolute Gasteiger partial charge is 0.127 e. The Hall–Kier alpha value is -1.04. The van der Waals surface area contributed by atoms with Gasteiger partial charge in [0.1, 0.15) is 11.5 Å². The van der Waals surface area contributed by atoms with Crippen molar-refractivity contribution in [1.29, 1.82) is 0 Å². The lowest BCUT2D eigenvalue weighted by Gasteiger charge is -2.16. The lowest BCUT2D eigenvalue weighted by Crippen LogP contribution is -2.14. The Bertz CT molecular complexity index is 556. The summed E-state index contributed by atoms with van der Waals surface area (Å²) in [6, 6.07) is 7.66. The maximum Gasteiger partial charge on any atom is 0.127 e. The number of halogens is 1. The summed E-state index contributed by atoms with van der Waals surface area (Å²) in [5.41, 5.74) is 7.28. The summed E-state index contributed by atoms with van der Waals surface area (Å²) in [6.45, 7) is 0. The van der Waals surface area contributed by atoms with Crippen molar-refractivity contribution in [3.8, 4) is 11.5 Å². The molecule has 1 heterocycles. The fraction of sp³-hybridized carbons (Fsp3) is 0.286. The summed E-state index contributed by atoms with van der Waals surface area (Å²) in [6.07, 6.45) is 0.779. The first-order valence-corrected chi connectivity index (χ1v) is 7.52. The van der Waals surface area contributed by atoms with Gasteiger partial charge in [-0.1, -0.05) is 6.07 Å². The third-order valence-electron chi connectivity index (χ3n) is 2.94. The lowest BCUT2D eigenvalue weighted by atomic mass is 10.0. The Kier molecular flexibility index (Phi) is 4.85. The second kappa shape index (κ2) is 6.41. The molecule has 2 N–H and O–H groups in total. The molecule has 0 aliphatic heterocycles. The number of thiophene rings is 1. The predicted octanol–water partition coefficient (Wildman–Crippen LogP) is 3.77. The van der Waals surface area contributed by atoms with E-state index in [0.717, 1.165) is 28.0 Å². The molecular weight excluding hydrogens is 326 g/mol. The van der Waals surface area contributed by atoms with Gasteiger partial charge in [0, 0.05) is 33.4 Å². The molecule has 0 fully saturated rings. The number of nitrogens with two attached hydrogens (primary N) is 1. The Balaban J connectivity index is 2.23. The molecule has 2 rings (SSSR count). The van der Waals surface area contributed by atoms with E-state index in [4.69, 9.17) is 15.2 Å². The van der Waals surface area contributed by atoms with Crippen LogP contribution in [0.4, 0.5) is 0 Å². The standard InChI is InChI=1S/C14H16BrNO2S/c1-17-9-3-4-10(13(7-9)18-2)12(16)8-14-11(15)5-6-19-14/h3-7,12H,8,16H2,1-2H3. The largest absolute Gasteiger partial charge is 0.497 e. The highest BCUT2D eigenvalue weighted by atomic mass is 79.9. The zero-order valence-electron chi connectivity index (χ0n) is 10.9. The SMILES string of the molecule is COc1ccc(C(N)Cc2sccc2Br)c(OC)c1. The van der Waals surface area contributed by atoms with Crippen molar-refractivity contribution in [3.63, 3.8) is 0 Å². The Morgan fingerprint density at radius 3 is 2.63 bits per heavy atom. The minimum Gasteiger partial charge on any atom is -0.497 e. The van der Waals surface area contributed by atoms with Crippen molar-refractivity contribution >= 4 is 27.3 Å². The van der Waals surface area contributed by atoms with Crippen LogP contribution in [0.3, 0.4) is 0 Å². The average molecular weight is 342 g/mol. The third kappa shape index (κ3) is 3.29. The van der Waals surface area contributed by atoms with Gasteiger partial charge in [0.05, 0.1) is 14.2 Å². The van der Waals surface area contributed by atoms with E-state index in [1.807, 2.05) is 24.3 Å². The number of methoxy groups -OCH3 is 2. The minimum atomic E-state index is -0.101. The molecule has 3 nitrogen and oxygen atoms in total. The molecule has 0 aliphatic carbocycles. The topological polar surface area (TPSA) is 44.5 Å². The maximum absolute atomic E-state index is 6.29. The van der Waals surface area contributed by atoms with Gasteiger partial charge < -0.3 is 15.2 Å². The monoisotopic (exact) mass is 341 g/mol. The molecule has 5 heteroatoms. The highest BCUT2D eigenvalue weighted by Crippen LogP contribution is 2.32. The van der Waals surface area contributed by atoms with E-state index in [2.05, 4.69) is 21.3 Å². The van der Waals surface area contributed by atoms with Crippen molar-refractivity contribution in [2.75, 3.05) is 14.2 Å². The van der Waals surface area contributed by atoms with Gasteiger partial charge in [0.15, 0.2) is 0 Å². The Morgan fingerprint density at radius 2 is 2.05 bits per heavy atom. The van der Waals surface area contributed by atoms with Crippen molar-refractivity contribution in [2.45, 2.75) is 12.5 Å². The van der Waals surface area contributed by atoms with Crippen LogP contribution in [-0.4, -0.2) is 14.2 Å². The van der Waals surface area contributed by atoms with E-state index in [0.29, 0.717) is 0 Å². The van der Waals surface area contributed by atoms with Crippen LogP contribution in [0.15, 0.2) is 34.1 Å². The van der Waals surface area contributed by atoms with Crippen LogP contribution in [0.2, 0.25) is 0 Å². The third-order valence-corrected chi connectivity index (χ3v) is 4.89.